The van der Waals surface area contributed by atoms with Gasteiger partial charge in [-0.15, -0.1) is 0 Å². The second-order valence-electron chi connectivity index (χ2n) is 3.80. The summed E-state index contributed by atoms with van der Waals surface area (Å²) in [5.74, 6) is 0.0639. The van der Waals surface area contributed by atoms with Gasteiger partial charge in [-0.25, -0.2) is 0 Å². The molecule has 1 unspecified atom stereocenters. The third kappa shape index (κ3) is 6.86. The Hall–Kier alpha value is -0.610. The Labute approximate surface area is 86.1 Å². The van der Waals surface area contributed by atoms with Gasteiger partial charge in [0, 0.05) is 20.0 Å². The van der Waals surface area contributed by atoms with E-state index in [0.717, 1.165) is 19.4 Å². The van der Waals surface area contributed by atoms with Crippen LogP contribution in [-0.2, 0) is 4.79 Å². The van der Waals surface area contributed by atoms with Crippen molar-refractivity contribution in [2.45, 2.75) is 38.7 Å². The largest absolute Gasteiger partial charge is 0.389 e. The van der Waals surface area contributed by atoms with E-state index in [1.54, 1.807) is 14.0 Å². The van der Waals surface area contributed by atoms with E-state index in [4.69, 9.17) is 0 Å². The lowest BCUT2D eigenvalue weighted by atomic mass is 10.0. The molecule has 0 rings (SSSR count). The average Bonchev–Trinajstić information content (AvgIpc) is 2.17. The lowest BCUT2D eigenvalue weighted by molar-refractivity contribution is -0.120. The molecule has 0 heterocycles. The SMILES string of the molecule is CCC(C)(O)CNCCCC(=O)NC. The van der Waals surface area contributed by atoms with Crippen molar-refractivity contribution >= 4 is 5.91 Å². The number of hydrogen-bond donors (Lipinski definition) is 3. The Morgan fingerprint density at radius 1 is 1.50 bits per heavy atom. The Kier molecular flexibility index (Phi) is 6.49. The highest BCUT2D eigenvalue weighted by atomic mass is 16.3. The minimum absolute atomic E-state index is 0.0639. The Balaban J connectivity index is 3.34. The van der Waals surface area contributed by atoms with Gasteiger partial charge in [-0.2, -0.15) is 0 Å². The predicted octanol–water partition coefficient (Wildman–Crippen LogP) is 0.263. The first-order chi connectivity index (χ1) is 6.52. The molecular formula is C10H22N2O2. The molecule has 0 bridgehead atoms. The van der Waals surface area contributed by atoms with Gasteiger partial charge in [0.2, 0.25) is 5.91 Å². The van der Waals surface area contributed by atoms with Gasteiger partial charge in [0.25, 0.3) is 0 Å². The maximum atomic E-state index is 10.8. The highest BCUT2D eigenvalue weighted by Gasteiger charge is 2.15. The van der Waals surface area contributed by atoms with E-state index in [9.17, 15) is 9.90 Å². The van der Waals surface area contributed by atoms with Crippen LogP contribution in [0, 0.1) is 0 Å². The van der Waals surface area contributed by atoms with Crippen LogP contribution in [0.1, 0.15) is 33.1 Å². The van der Waals surface area contributed by atoms with Crippen LogP contribution in [0.15, 0.2) is 0 Å². The van der Waals surface area contributed by atoms with Crippen molar-refractivity contribution in [3.63, 3.8) is 0 Å². The van der Waals surface area contributed by atoms with Gasteiger partial charge in [0.05, 0.1) is 5.60 Å². The molecule has 4 nitrogen and oxygen atoms in total. The molecule has 0 aromatic rings. The maximum Gasteiger partial charge on any atom is 0.219 e. The third-order valence-corrected chi connectivity index (χ3v) is 2.30. The smallest absolute Gasteiger partial charge is 0.219 e. The fourth-order valence-electron chi connectivity index (χ4n) is 0.982. The summed E-state index contributed by atoms with van der Waals surface area (Å²) in [6.45, 7) is 5.10. The summed E-state index contributed by atoms with van der Waals surface area (Å²) in [7, 11) is 1.64. The normalized spacial score (nSPS) is 14.9. The van der Waals surface area contributed by atoms with Crippen LogP contribution < -0.4 is 10.6 Å². The second kappa shape index (κ2) is 6.79. The molecule has 4 heteroatoms. The molecule has 0 aromatic carbocycles. The molecular weight excluding hydrogens is 180 g/mol. The van der Waals surface area contributed by atoms with Gasteiger partial charge in [0.15, 0.2) is 0 Å². The molecule has 14 heavy (non-hydrogen) atoms. The number of hydrogen-bond acceptors (Lipinski definition) is 3. The lowest BCUT2D eigenvalue weighted by Crippen LogP contribution is -2.37. The molecule has 0 spiro atoms. The number of aliphatic hydroxyl groups is 1. The van der Waals surface area contributed by atoms with Crippen molar-refractivity contribution in [1.29, 1.82) is 0 Å². The van der Waals surface area contributed by atoms with Gasteiger partial charge in [-0.1, -0.05) is 6.92 Å². The number of nitrogens with one attached hydrogen (secondary N) is 2. The first-order valence-corrected chi connectivity index (χ1v) is 5.15. The quantitative estimate of drug-likeness (QED) is 0.519. The van der Waals surface area contributed by atoms with Crippen LogP contribution in [0.5, 0.6) is 0 Å². The first kappa shape index (κ1) is 13.4. The second-order valence-corrected chi connectivity index (χ2v) is 3.80. The Morgan fingerprint density at radius 2 is 2.14 bits per heavy atom. The molecule has 0 radical (unpaired) electrons. The zero-order valence-corrected chi connectivity index (χ0v) is 9.39. The highest BCUT2D eigenvalue weighted by molar-refractivity contribution is 5.75. The van der Waals surface area contributed by atoms with E-state index in [1.807, 2.05) is 6.92 Å². The third-order valence-electron chi connectivity index (χ3n) is 2.30. The molecule has 1 atom stereocenters. The number of amides is 1. The van der Waals surface area contributed by atoms with Gasteiger partial charge in [0.1, 0.15) is 0 Å². The summed E-state index contributed by atoms with van der Waals surface area (Å²) in [5, 5.41) is 15.3. The van der Waals surface area contributed by atoms with E-state index < -0.39 is 5.60 Å². The molecule has 0 aliphatic rings. The van der Waals surface area contributed by atoms with Crippen LogP contribution in [0.25, 0.3) is 0 Å². The summed E-state index contributed by atoms with van der Waals surface area (Å²) in [4.78, 5) is 10.8. The Bertz CT molecular complexity index is 170. The molecule has 1 amide bonds. The number of carbonyl (C=O) groups excluding carboxylic acids is 1. The molecule has 0 fully saturated rings. The van der Waals surface area contributed by atoms with Crippen LogP contribution in [0.2, 0.25) is 0 Å². The topological polar surface area (TPSA) is 61.4 Å². The maximum absolute atomic E-state index is 10.8. The highest BCUT2D eigenvalue weighted by Crippen LogP contribution is 2.05. The van der Waals surface area contributed by atoms with E-state index in [1.165, 1.54) is 0 Å². The summed E-state index contributed by atoms with van der Waals surface area (Å²) in [6.07, 6.45) is 2.08. The molecule has 0 saturated heterocycles. The summed E-state index contributed by atoms with van der Waals surface area (Å²) >= 11 is 0. The fourth-order valence-corrected chi connectivity index (χ4v) is 0.982. The molecule has 84 valence electrons. The summed E-state index contributed by atoms with van der Waals surface area (Å²) < 4.78 is 0. The average molecular weight is 202 g/mol. The molecule has 0 aromatic heterocycles. The van der Waals surface area contributed by atoms with Crippen molar-refractivity contribution in [2.75, 3.05) is 20.1 Å². The summed E-state index contributed by atoms with van der Waals surface area (Å²) in [6, 6.07) is 0. The van der Waals surface area contributed by atoms with Crippen LogP contribution in [0.4, 0.5) is 0 Å². The van der Waals surface area contributed by atoms with Crippen LogP contribution in [0.3, 0.4) is 0 Å². The van der Waals surface area contributed by atoms with Gasteiger partial charge in [-0.3, -0.25) is 4.79 Å². The van der Waals surface area contributed by atoms with Gasteiger partial charge in [-0.05, 0) is 26.3 Å². The standard InChI is InChI=1S/C10H22N2O2/c1-4-10(2,14)8-12-7-5-6-9(13)11-3/h12,14H,4-8H2,1-3H3,(H,11,13). The van der Waals surface area contributed by atoms with E-state index in [-0.39, 0.29) is 5.91 Å². The van der Waals surface area contributed by atoms with E-state index >= 15 is 0 Å². The number of carbonyl (C=O) groups is 1. The molecule has 0 aliphatic carbocycles. The lowest BCUT2D eigenvalue weighted by Gasteiger charge is -2.21. The minimum Gasteiger partial charge on any atom is -0.389 e. The first-order valence-electron chi connectivity index (χ1n) is 5.15. The minimum atomic E-state index is -0.632. The zero-order valence-electron chi connectivity index (χ0n) is 9.39. The number of rotatable bonds is 7. The summed E-state index contributed by atoms with van der Waals surface area (Å²) in [5.41, 5.74) is -0.632. The monoisotopic (exact) mass is 202 g/mol. The molecule has 0 saturated carbocycles. The van der Waals surface area contributed by atoms with E-state index in [2.05, 4.69) is 10.6 Å². The van der Waals surface area contributed by atoms with Crippen LogP contribution >= 0.6 is 0 Å². The molecule has 3 N–H and O–H groups in total. The Morgan fingerprint density at radius 3 is 2.64 bits per heavy atom. The van der Waals surface area contributed by atoms with Crippen molar-refractivity contribution in [3.05, 3.63) is 0 Å². The van der Waals surface area contributed by atoms with Crippen LogP contribution in [-0.4, -0.2) is 36.8 Å². The zero-order chi connectivity index (χ0) is 11.0. The fraction of sp³-hybridized carbons (Fsp3) is 0.900. The predicted molar refractivity (Wildman–Crippen MR) is 57.1 cm³/mol. The van der Waals surface area contributed by atoms with E-state index in [0.29, 0.717) is 13.0 Å². The van der Waals surface area contributed by atoms with Gasteiger partial charge < -0.3 is 15.7 Å². The van der Waals surface area contributed by atoms with Crippen molar-refractivity contribution < 1.29 is 9.90 Å². The molecule has 0 aliphatic heterocycles. The van der Waals surface area contributed by atoms with Crippen molar-refractivity contribution in [1.82, 2.24) is 10.6 Å². The van der Waals surface area contributed by atoms with Crippen molar-refractivity contribution in [3.8, 4) is 0 Å². The van der Waals surface area contributed by atoms with Crippen molar-refractivity contribution in [2.24, 2.45) is 0 Å². The van der Waals surface area contributed by atoms with Gasteiger partial charge >= 0.3 is 0 Å².